The molecule has 22 heavy (non-hydrogen) atoms. The van der Waals surface area contributed by atoms with Crippen molar-refractivity contribution in [3.63, 3.8) is 0 Å². The second kappa shape index (κ2) is 6.31. The lowest BCUT2D eigenvalue weighted by molar-refractivity contribution is -0.137. The Labute approximate surface area is 138 Å². The lowest BCUT2D eigenvalue weighted by atomic mass is 10.2. The van der Waals surface area contributed by atoms with Crippen LogP contribution in [0.15, 0.2) is 45.1 Å². The summed E-state index contributed by atoms with van der Waals surface area (Å²) in [6.07, 6.45) is -4.58. The second-order valence-electron chi connectivity index (χ2n) is 4.49. The second-order valence-corrected chi connectivity index (χ2v) is 9.08. The first-order chi connectivity index (χ1) is 10.1. The number of hydrogen-bond donors (Lipinski definition) is 0. The Balaban J connectivity index is 2.30. The highest BCUT2D eigenvalue weighted by molar-refractivity contribution is 9.11. The topological polar surface area (TPSA) is 37.4 Å². The number of halogens is 4. The van der Waals surface area contributed by atoms with Crippen LogP contribution < -0.4 is 0 Å². The van der Waals surface area contributed by atoms with Crippen LogP contribution in [0.3, 0.4) is 0 Å². The Morgan fingerprint density at radius 2 is 1.91 bits per heavy atom. The Hall–Kier alpha value is -0.900. The van der Waals surface area contributed by atoms with E-state index in [1.54, 1.807) is 12.1 Å². The maximum atomic E-state index is 12.7. The fraction of sp³-hybridized carbons (Fsp3) is 0.231. The first-order valence-corrected chi connectivity index (χ1v) is 9.03. The van der Waals surface area contributed by atoms with Crippen molar-refractivity contribution >= 4 is 37.3 Å². The van der Waals surface area contributed by atoms with Crippen molar-refractivity contribution < 1.29 is 21.6 Å². The van der Waals surface area contributed by atoms with Crippen LogP contribution >= 0.6 is 27.3 Å². The number of sulfonamides is 1. The molecule has 0 fully saturated rings. The Morgan fingerprint density at radius 3 is 2.45 bits per heavy atom. The lowest BCUT2D eigenvalue weighted by Gasteiger charge is -2.17. The van der Waals surface area contributed by atoms with E-state index < -0.39 is 21.8 Å². The van der Waals surface area contributed by atoms with Gasteiger partial charge in [0.15, 0.2) is 0 Å². The quantitative estimate of drug-likeness (QED) is 0.746. The van der Waals surface area contributed by atoms with E-state index in [2.05, 4.69) is 15.9 Å². The summed E-state index contributed by atoms with van der Waals surface area (Å²) in [6, 6.07) is 7.28. The molecule has 2 aromatic rings. The fourth-order valence-corrected chi connectivity index (χ4v) is 4.57. The molecule has 1 aromatic carbocycles. The van der Waals surface area contributed by atoms with E-state index in [0.29, 0.717) is 6.07 Å². The molecule has 2 rings (SSSR count). The third-order valence-corrected chi connectivity index (χ3v) is 6.28. The van der Waals surface area contributed by atoms with Crippen LogP contribution in [0, 0.1) is 0 Å². The van der Waals surface area contributed by atoms with Crippen LogP contribution in [-0.2, 0) is 22.7 Å². The molecule has 0 unspecified atom stereocenters. The standard InChI is InChI=1S/C13H11BrF3NO2S2/c1-18(8-10-5-6-12(14)21-10)22(19,20)11-4-2-3-9(7-11)13(15,16)17/h2-7H,8H2,1H3. The van der Waals surface area contributed by atoms with E-state index >= 15 is 0 Å². The number of rotatable bonds is 4. The van der Waals surface area contributed by atoms with Gasteiger partial charge in [-0.05, 0) is 46.3 Å². The maximum Gasteiger partial charge on any atom is 0.416 e. The largest absolute Gasteiger partial charge is 0.416 e. The zero-order chi connectivity index (χ0) is 16.5. The molecule has 0 spiro atoms. The van der Waals surface area contributed by atoms with Crippen LogP contribution in [0.25, 0.3) is 0 Å². The molecular weight excluding hydrogens is 403 g/mol. The molecule has 0 N–H and O–H groups in total. The van der Waals surface area contributed by atoms with Crippen molar-refractivity contribution in [1.29, 1.82) is 0 Å². The van der Waals surface area contributed by atoms with Gasteiger partial charge in [0.05, 0.1) is 14.2 Å². The minimum absolute atomic E-state index is 0.0921. The molecule has 3 nitrogen and oxygen atoms in total. The van der Waals surface area contributed by atoms with E-state index in [1.165, 1.54) is 18.4 Å². The van der Waals surface area contributed by atoms with Crippen molar-refractivity contribution in [3.05, 3.63) is 50.6 Å². The predicted molar refractivity (Wildman–Crippen MR) is 82.1 cm³/mol. The molecule has 0 radical (unpaired) electrons. The number of benzene rings is 1. The van der Waals surface area contributed by atoms with E-state index in [0.717, 1.165) is 31.2 Å². The molecule has 0 bridgehead atoms. The molecule has 1 aromatic heterocycles. The molecule has 0 saturated heterocycles. The highest BCUT2D eigenvalue weighted by Gasteiger charge is 2.32. The monoisotopic (exact) mass is 413 g/mol. The van der Waals surface area contributed by atoms with Crippen molar-refractivity contribution in [2.45, 2.75) is 17.6 Å². The Bertz CT molecular complexity index is 772. The minimum Gasteiger partial charge on any atom is -0.207 e. The summed E-state index contributed by atoms with van der Waals surface area (Å²) >= 11 is 4.64. The first-order valence-electron chi connectivity index (χ1n) is 5.98. The summed E-state index contributed by atoms with van der Waals surface area (Å²) < 4.78 is 64.7. The van der Waals surface area contributed by atoms with Gasteiger partial charge in [-0.3, -0.25) is 0 Å². The Morgan fingerprint density at radius 1 is 1.23 bits per heavy atom. The van der Waals surface area contributed by atoms with Crippen LogP contribution in [0.2, 0.25) is 0 Å². The van der Waals surface area contributed by atoms with Gasteiger partial charge in [0, 0.05) is 18.5 Å². The summed E-state index contributed by atoms with van der Waals surface area (Å²) in [6.45, 7) is 0.0921. The molecule has 120 valence electrons. The van der Waals surface area contributed by atoms with Gasteiger partial charge in [-0.2, -0.15) is 17.5 Å². The summed E-state index contributed by atoms with van der Waals surface area (Å²) in [7, 11) is -2.65. The van der Waals surface area contributed by atoms with Crippen molar-refractivity contribution in [2.75, 3.05) is 7.05 Å². The molecule has 0 saturated carbocycles. The zero-order valence-corrected chi connectivity index (χ0v) is 14.5. The average Bonchev–Trinajstić information content (AvgIpc) is 2.83. The van der Waals surface area contributed by atoms with Gasteiger partial charge in [-0.1, -0.05) is 6.07 Å². The predicted octanol–water partition coefficient (Wildman–Crippen LogP) is 4.35. The number of alkyl halides is 3. The zero-order valence-electron chi connectivity index (χ0n) is 11.3. The van der Waals surface area contributed by atoms with Crippen LogP contribution in [0.1, 0.15) is 10.4 Å². The number of hydrogen-bond acceptors (Lipinski definition) is 3. The number of thiophene rings is 1. The summed E-state index contributed by atoms with van der Waals surface area (Å²) in [5, 5.41) is 0. The number of nitrogens with zero attached hydrogens (tertiary/aromatic N) is 1. The molecule has 1 heterocycles. The average molecular weight is 414 g/mol. The molecular formula is C13H11BrF3NO2S2. The SMILES string of the molecule is CN(Cc1ccc(Br)s1)S(=O)(=O)c1cccc(C(F)(F)F)c1. The van der Waals surface area contributed by atoms with Crippen molar-refractivity contribution in [2.24, 2.45) is 0 Å². The van der Waals surface area contributed by atoms with E-state index in [-0.39, 0.29) is 11.4 Å². The molecule has 0 aliphatic rings. The molecule has 0 aliphatic heterocycles. The van der Waals surface area contributed by atoms with E-state index in [9.17, 15) is 21.6 Å². The molecule has 9 heteroatoms. The van der Waals surface area contributed by atoms with Crippen molar-refractivity contribution in [1.82, 2.24) is 4.31 Å². The summed E-state index contributed by atoms with van der Waals surface area (Å²) in [5.41, 5.74) is -0.985. The molecule has 0 amide bonds. The third kappa shape index (κ3) is 3.89. The fourth-order valence-electron chi connectivity index (χ4n) is 1.75. The van der Waals surface area contributed by atoms with Gasteiger partial charge in [0.1, 0.15) is 0 Å². The molecule has 0 aliphatic carbocycles. The maximum absolute atomic E-state index is 12.7. The minimum atomic E-state index is -4.58. The smallest absolute Gasteiger partial charge is 0.207 e. The van der Waals surface area contributed by atoms with Crippen LogP contribution in [0.5, 0.6) is 0 Å². The van der Waals surface area contributed by atoms with Gasteiger partial charge < -0.3 is 0 Å². The lowest BCUT2D eigenvalue weighted by Crippen LogP contribution is -2.26. The highest BCUT2D eigenvalue weighted by atomic mass is 79.9. The van der Waals surface area contributed by atoms with Gasteiger partial charge in [0.2, 0.25) is 10.0 Å². The Kier molecular flexibility index (Phi) is 5.00. The molecule has 0 atom stereocenters. The van der Waals surface area contributed by atoms with Crippen molar-refractivity contribution in [3.8, 4) is 0 Å². The summed E-state index contributed by atoms with van der Waals surface area (Å²) in [4.78, 5) is 0.408. The van der Waals surface area contributed by atoms with E-state index in [1.807, 2.05) is 0 Å². The van der Waals surface area contributed by atoms with Gasteiger partial charge >= 0.3 is 6.18 Å². The highest BCUT2D eigenvalue weighted by Crippen LogP contribution is 2.31. The van der Waals surface area contributed by atoms with Crippen LogP contribution in [-0.4, -0.2) is 19.8 Å². The normalized spacial score (nSPS) is 12.8. The van der Waals surface area contributed by atoms with E-state index in [4.69, 9.17) is 0 Å². The van der Waals surface area contributed by atoms with Gasteiger partial charge in [0.25, 0.3) is 0 Å². The van der Waals surface area contributed by atoms with Gasteiger partial charge in [-0.25, -0.2) is 8.42 Å². The van der Waals surface area contributed by atoms with Gasteiger partial charge in [-0.15, -0.1) is 11.3 Å². The summed E-state index contributed by atoms with van der Waals surface area (Å²) in [5.74, 6) is 0. The van der Waals surface area contributed by atoms with Crippen LogP contribution in [0.4, 0.5) is 13.2 Å². The first kappa shape index (κ1) is 17.5. The third-order valence-electron chi connectivity index (χ3n) is 2.88.